The van der Waals surface area contributed by atoms with Crippen LogP contribution in [0.15, 0.2) is 29.8 Å². The molecule has 2 N–H and O–H groups in total. The van der Waals surface area contributed by atoms with Gasteiger partial charge in [-0.2, -0.15) is 5.10 Å². The summed E-state index contributed by atoms with van der Waals surface area (Å²) in [6, 6.07) is 4.71. The van der Waals surface area contributed by atoms with Crippen molar-refractivity contribution in [2.24, 2.45) is 5.92 Å². The summed E-state index contributed by atoms with van der Waals surface area (Å²) in [6.07, 6.45) is 1.98. The van der Waals surface area contributed by atoms with E-state index in [2.05, 4.69) is 10.4 Å². The molecular weight excluding hydrogens is 376 g/mol. The number of hydrogen-bond acceptors (Lipinski definition) is 5. The third kappa shape index (κ3) is 4.06. The number of carbonyl (C=O) groups excluding carboxylic acids is 1. The number of hydrogen-bond donors (Lipinski definition) is 2. The molecule has 3 heterocycles. The highest BCUT2D eigenvalue weighted by Gasteiger charge is 2.24. The third-order valence-corrected chi connectivity index (χ3v) is 5.28. The number of rotatable bonds is 7. The number of aliphatic carboxylic acids is 1. The molecule has 0 saturated heterocycles. The number of thiophene rings is 1. The van der Waals surface area contributed by atoms with Crippen LogP contribution >= 0.6 is 11.3 Å². The van der Waals surface area contributed by atoms with Gasteiger partial charge in [-0.25, -0.2) is 14.5 Å². The summed E-state index contributed by atoms with van der Waals surface area (Å²) < 4.78 is 1.77. The smallest absolute Gasteiger partial charge is 0.326 e. The van der Waals surface area contributed by atoms with Crippen molar-refractivity contribution in [1.29, 1.82) is 0 Å². The van der Waals surface area contributed by atoms with Crippen LogP contribution in [0.5, 0.6) is 0 Å². The number of carbonyl (C=O) groups is 2. The van der Waals surface area contributed by atoms with Gasteiger partial charge >= 0.3 is 5.97 Å². The van der Waals surface area contributed by atoms with Crippen LogP contribution in [-0.4, -0.2) is 37.8 Å². The summed E-state index contributed by atoms with van der Waals surface area (Å²) in [5.41, 5.74) is 1.67. The average molecular weight is 401 g/mol. The van der Waals surface area contributed by atoms with Gasteiger partial charge in [0.15, 0.2) is 5.65 Å². The van der Waals surface area contributed by atoms with Gasteiger partial charge in [-0.15, -0.1) is 11.3 Å². The Bertz CT molecular complexity index is 992. The molecule has 0 radical (unpaired) electrons. The van der Waals surface area contributed by atoms with E-state index in [1.807, 2.05) is 45.2 Å². The van der Waals surface area contributed by atoms with Crippen LogP contribution in [0.2, 0.25) is 0 Å². The molecule has 0 aliphatic heterocycles. The van der Waals surface area contributed by atoms with E-state index in [1.165, 1.54) is 11.3 Å². The lowest BCUT2D eigenvalue weighted by Crippen LogP contribution is -2.41. The van der Waals surface area contributed by atoms with E-state index in [4.69, 9.17) is 4.98 Å². The van der Waals surface area contributed by atoms with Crippen molar-refractivity contribution in [3.63, 3.8) is 0 Å². The van der Waals surface area contributed by atoms with Crippen molar-refractivity contribution in [1.82, 2.24) is 20.1 Å². The standard InChI is InChI=1S/C20H24N4O3S/c1-11(2)8-16(20(26)27)23-19(25)13-9-15(17-6-5-7-28-17)22-18-14(13)10-21-24(18)12(3)4/h5-7,9-12,16H,8H2,1-4H3,(H,23,25)(H,26,27)/t16-/m0/s1. The van der Waals surface area contributed by atoms with Crippen molar-refractivity contribution in [2.45, 2.75) is 46.2 Å². The van der Waals surface area contributed by atoms with E-state index in [9.17, 15) is 14.7 Å². The van der Waals surface area contributed by atoms with Gasteiger partial charge in [-0.05, 0) is 43.7 Å². The fraction of sp³-hybridized carbons (Fsp3) is 0.400. The largest absolute Gasteiger partial charge is 0.480 e. The molecule has 0 unspecified atom stereocenters. The number of aromatic nitrogens is 3. The monoisotopic (exact) mass is 400 g/mol. The van der Waals surface area contributed by atoms with E-state index in [-0.39, 0.29) is 12.0 Å². The van der Waals surface area contributed by atoms with Crippen molar-refractivity contribution >= 4 is 34.2 Å². The second kappa shape index (κ2) is 8.10. The Morgan fingerprint density at radius 2 is 2.04 bits per heavy atom. The van der Waals surface area contributed by atoms with Crippen LogP contribution in [0.4, 0.5) is 0 Å². The first-order valence-corrected chi connectivity index (χ1v) is 10.1. The molecule has 0 bridgehead atoms. The minimum Gasteiger partial charge on any atom is -0.480 e. The number of fused-ring (bicyclic) bond motifs is 1. The maximum absolute atomic E-state index is 13.0. The lowest BCUT2D eigenvalue weighted by Gasteiger charge is -2.17. The lowest BCUT2D eigenvalue weighted by atomic mass is 10.0. The molecule has 3 rings (SSSR count). The Balaban J connectivity index is 2.08. The van der Waals surface area contributed by atoms with Gasteiger partial charge in [-0.3, -0.25) is 4.79 Å². The molecule has 0 aliphatic carbocycles. The van der Waals surface area contributed by atoms with Crippen molar-refractivity contribution in [2.75, 3.05) is 0 Å². The van der Waals surface area contributed by atoms with Gasteiger partial charge < -0.3 is 10.4 Å². The molecule has 8 heteroatoms. The topological polar surface area (TPSA) is 97.1 Å². The first-order valence-electron chi connectivity index (χ1n) is 9.23. The second-order valence-corrected chi connectivity index (χ2v) is 8.39. The summed E-state index contributed by atoms with van der Waals surface area (Å²) in [5, 5.41) is 19.1. The number of carboxylic acids is 1. The third-order valence-electron chi connectivity index (χ3n) is 4.38. The maximum atomic E-state index is 13.0. The van der Waals surface area contributed by atoms with Crippen molar-refractivity contribution in [3.8, 4) is 10.6 Å². The predicted molar refractivity (Wildman–Crippen MR) is 110 cm³/mol. The maximum Gasteiger partial charge on any atom is 0.326 e. The summed E-state index contributed by atoms with van der Waals surface area (Å²) >= 11 is 1.53. The Hall–Kier alpha value is -2.74. The summed E-state index contributed by atoms with van der Waals surface area (Å²) in [4.78, 5) is 30.2. The molecule has 148 valence electrons. The number of pyridine rings is 1. The molecule has 0 saturated carbocycles. The first kappa shape index (κ1) is 20.0. The van der Waals surface area contributed by atoms with E-state index < -0.39 is 17.9 Å². The molecule has 0 aromatic carbocycles. The van der Waals surface area contributed by atoms with Gasteiger partial charge in [-0.1, -0.05) is 19.9 Å². The zero-order chi connectivity index (χ0) is 20.4. The highest BCUT2D eigenvalue weighted by molar-refractivity contribution is 7.13. The zero-order valence-corrected chi connectivity index (χ0v) is 17.2. The Morgan fingerprint density at radius 1 is 1.29 bits per heavy atom. The van der Waals surface area contributed by atoms with Crippen molar-refractivity contribution in [3.05, 3.63) is 35.3 Å². The lowest BCUT2D eigenvalue weighted by molar-refractivity contribution is -0.139. The van der Waals surface area contributed by atoms with Gasteiger partial charge in [0.2, 0.25) is 0 Å². The molecule has 3 aromatic heterocycles. The minimum atomic E-state index is -1.04. The van der Waals surface area contributed by atoms with Gasteiger partial charge in [0.1, 0.15) is 6.04 Å². The Kier molecular flexibility index (Phi) is 5.79. The summed E-state index contributed by atoms with van der Waals surface area (Å²) in [6.45, 7) is 7.84. The van der Waals surface area contributed by atoms with Gasteiger partial charge in [0.05, 0.1) is 27.7 Å². The molecule has 0 aliphatic rings. The normalized spacial score (nSPS) is 12.6. The van der Waals surface area contributed by atoms with Crippen LogP contribution < -0.4 is 5.32 Å². The fourth-order valence-electron chi connectivity index (χ4n) is 3.06. The molecule has 1 amide bonds. The first-order chi connectivity index (χ1) is 13.3. The number of nitrogens with zero attached hydrogens (tertiary/aromatic N) is 3. The summed E-state index contributed by atoms with van der Waals surface area (Å²) in [5.74, 6) is -1.32. The molecular formula is C20H24N4O3S. The molecule has 1 atom stereocenters. The highest BCUT2D eigenvalue weighted by atomic mass is 32.1. The van der Waals surface area contributed by atoms with Crippen LogP contribution in [0.25, 0.3) is 21.6 Å². The predicted octanol–water partition coefficient (Wildman–Crippen LogP) is 3.97. The minimum absolute atomic E-state index is 0.0761. The fourth-order valence-corrected chi connectivity index (χ4v) is 3.75. The van der Waals surface area contributed by atoms with Crippen LogP contribution in [0.3, 0.4) is 0 Å². The number of amides is 1. The van der Waals surface area contributed by atoms with Crippen LogP contribution in [0.1, 0.15) is 50.5 Å². The number of carboxylic acid groups (broad SMARTS) is 1. The van der Waals surface area contributed by atoms with E-state index in [0.29, 0.717) is 28.7 Å². The average Bonchev–Trinajstić information content (AvgIpc) is 3.29. The van der Waals surface area contributed by atoms with E-state index >= 15 is 0 Å². The number of nitrogens with one attached hydrogen (secondary N) is 1. The SMILES string of the molecule is CC(C)C[C@H](NC(=O)c1cc(-c2cccs2)nc2c1cnn2C(C)C)C(=O)O. The van der Waals surface area contributed by atoms with E-state index in [1.54, 1.807) is 16.9 Å². The van der Waals surface area contributed by atoms with Crippen molar-refractivity contribution < 1.29 is 14.7 Å². The Morgan fingerprint density at radius 3 is 2.61 bits per heavy atom. The second-order valence-electron chi connectivity index (χ2n) is 7.45. The molecule has 3 aromatic rings. The summed E-state index contributed by atoms with van der Waals surface area (Å²) in [7, 11) is 0. The van der Waals surface area contributed by atoms with E-state index in [0.717, 1.165) is 4.88 Å². The molecule has 0 spiro atoms. The molecule has 28 heavy (non-hydrogen) atoms. The highest BCUT2D eigenvalue weighted by Crippen LogP contribution is 2.29. The Labute approximate surface area is 167 Å². The van der Waals surface area contributed by atoms with Gasteiger partial charge in [0, 0.05) is 6.04 Å². The molecule has 0 fully saturated rings. The van der Waals surface area contributed by atoms with Gasteiger partial charge in [0.25, 0.3) is 5.91 Å². The molecule has 7 nitrogen and oxygen atoms in total. The zero-order valence-electron chi connectivity index (χ0n) is 16.3. The van der Waals surface area contributed by atoms with Crippen LogP contribution in [0, 0.1) is 5.92 Å². The quantitative estimate of drug-likeness (QED) is 0.625. The van der Waals surface area contributed by atoms with Crippen LogP contribution in [-0.2, 0) is 4.79 Å².